The van der Waals surface area contributed by atoms with Gasteiger partial charge in [-0.05, 0) is 31.7 Å². The number of carboxylic acid groups (broad SMARTS) is 3. The highest BCUT2D eigenvalue weighted by molar-refractivity contribution is 5.88. The van der Waals surface area contributed by atoms with Crippen molar-refractivity contribution in [3.8, 4) is 18.1 Å². The summed E-state index contributed by atoms with van der Waals surface area (Å²) in [6.07, 6.45) is 10.4. The quantitative estimate of drug-likeness (QED) is 0.271. The highest BCUT2D eigenvalue weighted by Gasteiger charge is 2.50. The molecule has 2 fully saturated rings. The average molecular weight is 544 g/mol. The highest BCUT2D eigenvalue weighted by atomic mass is 16.5. The number of carbonyl (C=O) groups is 3. The van der Waals surface area contributed by atoms with Crippen molar-refractivity contribution in [2.45, 2.75) is 68.4 Å². The zero-order chi connectivity index (χ0) is 28.8. The lowest BCUT2D eigenvalue weighted by Gasteiger charge is -2.43. The molecular weight excluding hydrogens is 510 g/mol. The number of benzene rings is 1. The number of aromatic nitrogens is 2. The second kappa shape index (κ2) is 12.3. The minimum Gasteiger partial charge on any atom is -0.481 e. The summed E-state index contributed by atoms with van der Waals surface area (Å²) in [5.74, 6) is -0.848. The van der Waals surface area contributed by atoms with Crippen molar-refractivity contribution in [2.24, 2.45) is 7.05 Å². The van der Waals surface area contributed by atoms with Gasteiger partial charge in [0.1, 0.15) is 23.8 Å². The van der Waals surface area contributed by atoms with Crippen LogP contribution in [0.2, 0.25) is 0 Å². The van der Waals surface area contributed by atoms with Crippen LogP contribution in [-0.2, 0) is 33.6 Å². The topological polar surface area (TPSA) is 183 Å². The fraction of sp³-hybridized carbons (Fsp3) is 0.481. The van der Waals surface area contributed by atoms with Crippen molar-refractivity contribution >= 4 is 17.9 Å². The first-order valence-electron chi connectivity index (χ1n) is 12.4. The summed E-state index contributed by atoms with van der Waals surface area (Å²) < 4.78 is 7.65. The van der Waals surface area contributed by atoms with Crippen LogP contribution in [0, 0.1) is 12.3 Å². The van der Waals surface area contributed by atoms with Crippen LogP contribution in [0.3, 0.4) is 0 Å². The van der Waals surface area contributed by atoms with Gasteiger partial charge in [0.05, 0.1) is 12.8 Å². The normalized spacial score (nSPS) is 22.3. The molecule has 1 aromatic heterocycles. The van der Waals surface area contributed by atoms with Crippen LogP contribution >= 0.6 is 0 Å². The molecule has 3 heterocycles. The van der Waals surface area contributed by atoms with Crippen molar-refractivity contribution in [2.75, 3.05) is 6.61 Å². The predicted octanol–water partition coefficient (Wildman–Crippen LogP) is 1.20. The molecule has 4 rings (SSSR count). The van der Waals surface area contributed by atoms with Gasteiger partial charge in [-0.1, -0.05) is 24.1 Å². The summed E-state index contributed by atoms with van der Waals surface area (Å²) in [6.45, 7) is 1.11. The molecule has 210 valence electrons. The van der Waals surface area contributed by atoms with Crippen LogP contribution in [0.1, 0.15) is 49.9 Å². The Morgan fingerprint density at radius 3 is 2.21 bits per heavy atom. The maximum atomic E-state index is 11.3. The van der Waals surface area contributed by atoms with E-state index in [0.29, 0.717) is 12.1 Å². The number of fused-ring (bicyclic) bond motifs is 2. The number of piperidine rings is 1. The van der Waals surface area contributed by atoms with E-state index in [1.807, 2.05) is 36.0 Å². The molecular formula is C27H33N3O9. The van der Waals surface area contributed by atoms with E-state index in [0.717, 1.165) is 49.4 Å². The number of aryl methyl sites for hydroxylation is 1. The predicted molar refractivity (Wildman–Crippen MR) is 137 cm³/mol. The van der Waals surface area contributed by atoms with Gasteiger partial charge >= 0.3 is 17.9 Å². The summed E-state index contributed by atoms with van der Waals surface area (Å²) in [5, 5.41) is 45.1. The van der Waals surface area contributed by atoms with Crippen molar-refractivity contribution in [3.63, 3.8) is 0 Å². The molecule has 12 nitrogen and oxygen atoms in total. The second-order valence-corrected chi connectivity index (χ2v) is 9.94. The Hall–Kier alpha value is -3.92. The molecule has 39 heavy (non-hydrogen) atoms. The molecule has 2 aromatic rings. The SMILES string of the molecule is C#CCOc1ccccc1CN1C2CCC1CC(O)(c1nccn1C)C2.O=C(O)CC(O)(CC(=O)O)C(=O)O. The molecule has 2 atom stereocenters. The van der Waals surface area contributed by atoms with E-state index in [2.05, 4.69) is 21.9 Å². The van der Waals surface area contributed by atoms with Gasteiger partial charge in [0.15, 0.2) is 5.60 Å². The van der Waals surface area contributed by atoms with E-state index in [-0.39, 0.29) is 6.61 Å². The Kier molecular flexibility index (Phi) is 9.34. The number of hydrogen-bond donors (Lipinski definition) is 5. The smallest absolute Gasteiger partial charge is 0.336 e. The third-order valence-corrected chi connectivity index (χ3v) is 7.08. The molecule has 0 aliphatic carbocycles. The number of rotatable bonds is 10. The number of terminal acetylenes is 1. The molecule has 2 bridgehead atoms. The number of carboxylic acids is 3. The minimum absolute atomic E-state index is 0.281. The highest BCUT2D eigenvalue weighted by Crippen LogP contribution is 2.46. The molecule has 2 aliphatic heterocycles. The van der Waals surface area contributed by atoms with Gasteiger partial charge < -0.3 is 34.8 Å². The molecule has 2 unspecified atom stereocenters. The maximum absolute atomic E-state index is 11.3. The molecule has 2 saturated heterocycles. The van der Waals surface area contributed by atoms with Crippen LogP contribution in [0.4, 0.5) is 0 Å². The average Bonchev–Trinajstić information content (AvgIpc) is 3.39. The van der Waals surface area contributed by atoms with E-state index in [1.54, 1.807) is 6.20 Å². The van der Waals surface area contributed by atoms with Crippen molar-refractivity contribution in [1.82, 2.24) is 14.5 Å². The van der Waals surface area contributed by atoms with Crippen LogP contribution in [-0.4, -0.2) is 82.2 Å². The van der Waals surface area contributed by atoms with Crippen LogP contribution in [0.25, 0.3) is 0 Å². The third kappa shape index (κ3) is 7.14. The number of para-hydroxylation sites is 1. The van der Waals surface area contributed by atoms with Crippen molar-refractivity contribution < 1.29 is 44.7 Å². The number of imidazole rings is 1. The lowest BCUT2D eigenvalue weighted by molar-refractivity contribution is -0.170. The van der Waals surface area contributed by atoms with Gasteiger partial charge in [0, 0.05) is 43.6 Å². The largest absolute Gasteiger partial charge is 0.481 e. The zero-order valence-electron chi connectivity index (χ0n) is 21.6. The first-order valence-corrected chi connectivity index (χ1v) is 12.4. The van der Waals surface area contributed by atoms with Crippen LogP contribution in [0.15, 0.2) is 36.7 Å². The number of hydrogen-bond acceptors (Lipinski definition) is 8. The Bertz CT molecular complexity index is 1210. The number of aliphatic hydroxyl groups is 2. The number of aliphatic carboxylic acids is 3. The summed E-state index contributed by atoms with van der Waals surface area (Å²) in [4.78, 5) is 37.4. The molecule has 0 radical (unpaired) electrons. The van der Waals surface area contributed by atoms with Gasteiger partial charge in [0.2, 0.25) is 0 Å². The van der Waals surface area contributed by atoms with Crippen LogP contribution < -0.4 is 4.74 Å². The fourth-order valence-electron chi connectivity index (χ4n) is 5.38. The van der Waals surface area contributed by atoms with E-state index in [9.17, 15) is 19.5 Å². The third-order valence-electron chi connectivity index (χ3n) is 7.08. The molecule has 2 aliphatic rings. The molecule has 0 spiro atoms. The van der Waals surface area contributed by atoms with E-state index >= 15 is 0 Å². The monoisotopic (exact) mass is 543 g/mol. The lowest BCUT2D eigenvalue weighted by Crippen LogP contribution is -2.50. The van der Waals surface area contributed by atoms with E-state index in [4.69, 9.17) is 31.6 Å². The number of nitrogens with zero attached hydrogens (tertiary/aromatic N) is 3. The standard InChI is InChI=1S/C21H25N3O2.C6H8O7/c1-3-12-26-19-7-5-4-6-16(19)15-24-17-8-9-18(24)14-21(25,13-17)20-22-10-11-23(20)2;7-3(8)1-6(13,5(11)12)2-4(9)10/h1,4-7,10-11,17-18,25H,8-9,12-15H2,2H3;13H,1-2H2,(H,7,8)(H,9,10)(H,11,12). The summed E-state index contributed by atoms with van der Waals surface area (Å²) in [6, 6.07) is 8.80. The summed E-state index contributed by atoms with van der Waals surface area (Å²) in [7, 11) is 1.95. The number of ether oxygens (including phenoxy) is 1. The summed E-state index contributed by atoms with van der Waals surface area (Å²) >= 11 is 0. The molecule has 1 aromatic carbocycles. The second-order valence-electron chi connectivity index (χ2n) is 9.94. The lowest BCUT2D eigenvalue weighted by atomic mass is 9.85. The first-order chi connectivity index (χ1) is 18.4. The van der Waals surface area contributed by atoms with Gasteiger partial charge in [0.25, 0.3) is 0 Å². The Balaban J connectivity index is 0.000000276. The van der Waals surface area contributed by atoms with Crippen molar-refractivity contribution in [3.05, 3.63) is 48.0 Å². The van der Waals surface area contributed by atoms with E-state index in [1.165, 1.54) is 0 Å². The first kappa shape index (κ1) is 29.6. The molecule has 0 amide bonds. The van der Waals surface area contributed by atoms with Gasteiger partial charge in [-0.3, -0.25) is 14.5 Å². The Morgan fingerprint density at radius 1 is 1.13 bits per heavy atom. The Labute approximate surface area is 225 Å². The summed E-state index contributed by atoms with van der Waals surface area (Å²) in [5.41, 5.74) is -2.42. The van der Waals surface area contributed by atoms with Crippen molar-refractivity contribution in [1.29, 1.82) is 0 Å². The zero-order valence-corrected chi connectivity index (χ0v) is 21.6. The maximum Gasteiger partial charge on any atom is 0.336 e. The molecule has 5 N–H and O–H groups in total. The van der Waals surface area contributed by atoms with Gasteiger partial charge in [-0.2, -0.15) is 0 Å². The molecule has 0 saturated carbocycles. The Morgan fingerprint density at radius 2 is 1.72 bits per heavy atom. The van der Waals surface area contributed by atoms with Gasteiger partial charge in [-0.15, -0.1) is 6.42 Å². The minimum atomic E-state index is -2.74. The molecule has 12 heteroatoms. The van der Waals surface area contributed by atoms with E-state index < -0.39 is 42.0 Å². The van der Waals surface area contributed by atoms with Crippen LogP contribution in [0.5, 0.6) is 5.75 Å². The fourth-order valence-corrected chi connectivity index (χ4v) is 5.38. The van der Waals surface area contributed by atoms with Gasteiger partial charge in [-0.25, -0.2) is 9.78 Å².